The van der Waals surface area contributed by atoms with Crippen LogP contribution in [0.1, 0.15) is 51.4 Å². The summed E-state index contributed by atoms with van der Waals surface area (Å²) >= 11 is 0. The van der Waals surface area contributed by atoms with Gasteiger partial charge in [0.2, 0.25) is 0 Å². The molecule has 0 saturated carbocycles. The second-order valence-corrected chi connectivity index (χ2v) is 8.85. The molecule has 1 unspecified atom stereocenters. The quantitative estimate of drug-likeness (QED) is 0.163. The van der Waals surface area contributed by atoms with Gasteiger partial charge in [-0.3, -0.25) is 0 Å². The van der Waals surface area contributed by atoms with Gasteiger partial charge in [0.25, 0.3) is 0 Å². The molecule has 1 atom stereocenters. The maximum atomic E-state index is 15.2. The van der Waals surface area contributed by atoms with E-state index >= 15 is 13.2 Å². The van der Waals surface area contributed by atoms with E-state index in [9.17, 15) is 0 Å². The summed E-state index contributed by atoms with van der Waals surface area (Å²) < 4.78 is 45.6. The zero-order chi connectivity index (χ0) is 24.3. The molecule has 0 fully saturated rings. The fraction of sp³-hybridized carbons (Fsp3) is 0.188. The molecule has 0 aromatic heterocycles. The Bertz CT molecular complexity index is 1220. The van der Waals surface area contributed by atoms with Gasteiger partial charge in [-0.15, -0.1) is 12.1 Å². The molecule has 36 heavy (non-hydrogen) atoms. The van der Waals surface area contributed by atoms with Crippen LogP contribution in [0.2, 0.25) is 0 Å². The molecule has 0 heterocycles. The van der Waals surface area contributed by atoms with Crippen molar-refractivity contribution < 1.29 is 45.9 Å². The van der Waals surface area contributed by atoms with E-state index in [-0.39, 0.29) is 56.8 Å². The molecule has 0 aliphatic heterocycles. The SMILES string of the molecule is [CH2-]c1ccc(C(c2ccc(CC)cc2)(c2ccc(Cc3ccc(C)cc3)cc2)C(F)(F)F)cc1.[CH3-].[Y]. The standard InChI is InChI=1S/C31H28F3.CH3.Y/c1-4-24-11-17-28(18-12-24)30(31(32,33)34,27-15-7-23(3)8-16-27)29-19-13-26(14-20-29)21-25-9-5-22(2)6-10-25;;/h5-20H,3-4,21H2,1-2H3;1H3;/q2*-1;. The molecule has 0 N–H and O–H groups in total. The Morgan fingerprint density at radius 3 is 1.36 bits per heavy atom. The van der Waals surface area contributed by atoms with E-state index in [0.29, 0.717) is 12.0 Å². The van der Waals surface area contributed by atoms with Crippen LogP contribution in [0.3, 0.4) is 0 Å². The average molecular weight is 562 g/mol. The third kappa shape index (κ3) is 5.95. The Balaban J connectivity index is 0.00000228. The molecule has 185 valence electrons. The van der Waals surface area contributed by atoms with Crippen molar-refractivity contribution in [2.75, 3.05) is 0 Å². The van der Waals surface area contributed by atoms with E-state index in [2.05, 4.69) is 19.1 Å². The van der Waals surface area contributed by atoms with Crippen LogP contribution < -0.4 is 0 Å². The maximum Gasteiger partial charge on any atom is 0.406 e. The number of benzene rings is 4. The van der Waals surface area contributed by atoms with Crippen molar-refractivity contribution in [3.8, 4) is 0 Å². The molecule has 0 nitrogen and oxygen atoms in total. The number of alkyl halides is 3. The van der Waals surface area contributed by atoms with Gasteiger partial charge in [-0.25, -0.2) is 0 Å². The predicted molar refractivity (Wildman–Crippen MR) is 139 cm³/mol. The number of rotatable bonds is 6. The molecule has 4 aromatic rings. The molecule has 1 radical (unpaired) electrons. The van der Waals surface area contributed by atoms with Crippen molar-refractivity contribution >= 4 is 0 Å². The van der Waals surface area contributed by atoms with Crippen LogP contribution in [0.5, 0.6) is 0 Å². The van der Waals surface area contributed by atoms with Crippen molar-refractivity contribution in [1.82, 2.24) is 0 Å². The van der Waals surface area contributed by atoms with Gasteiger partial charge in [-0.2, -0.15) is 37.8 Å². The van der Waals surface area contributed by atoms with Crippen LogP contribution >= 0.6 is 0 Å². The summed E-state index contributed by atoms with van der Waals surface area (Å²) in [6.07, 6.45) is -3.12. The van der Waals surface area contributed by atoms with Crippen LogP contribution in [0.25, 0.3) is 0 Å². The normalized spacial score (nSPS) is 12.7. The minimum atomic E-state index is -4.55. The summed E-state index contributed by atoms with van der Waals surface area (Å²) in [6, 6.07) is 28.3. The van der Waals surface area contributed by atoms with Crippen LogP contribution in [-0.4, -0.2) is 6.18 Å². The smallest absolute Gasteiger partial charge is 0.358 e. The van der Waals surface area contributed by atoms with Gasteiger partial charge >= 0.3 is 6.18 Å². The molecule has 0 bridgehead atoms. The predicted octanol–water partition coefficient (Wildman–Crippen LogP) is 8.67. The van der Waals surface area contributed by atoms with Crippen LogP contribution in [0.15, 0.2) is 97.1 Å². The molecule has 0 saturated heterocycles. The van der Waals surface area contributed by atoms with Crippen LogP contribution in [0, 0.1) is 21.3 Å². The van der Waals surface area contributed by atoms with Crippen molar-refractivity contribution in [2.24, 2.45) is 0 Å². The number of hydrogen-bond acceptors (Lipinski definition) is 0. The Morgan fingerprint density at radius 1 is 0.611 bits per heavy atom. The summed E-state index contributed by atoms with van der Waals surface area (Å²) in [7, 11) is 0. The molecular weight excluding hydrogens is 530 g/mol. The molecule has 0 aliphatic rings. The zero-order valence-electron chi connectivity index (χ0n) is 21.1. The largest absolute Gasteiger partial charge is 0.406 e. The molecule has 0 amide bonds. The Labute approximate surface area is 238 Å². The molecule has 4 heteroatoms. The molecular formula is C32H31F3Y-2. The first-order valence-electron chi connectivity index (χ1n) is 11.5. The number of hydrogen-bond donors (Lipinski definition) is 0. The summed E-state index contributed by atoms with van der Waals surface area (Å²) in [5.41, 5.74) is 3.26. The first-order chi connectivity index (χ1) is 16.2. The minimum Gasteiger partial charge on any atom is -0.358 e. The van der Waals surface area contributed by atoms with E-state index in [1.165, 1.54) is 5.56 Å². The zero-order valence-corrected chi connectivity index (χ0v) is 23.9. The monoisotopic (exact) mass is 561 g/mol. The molecule has 0 aliphatic carbocycles. The van der Waals surface area contributed by atoms with Gasteiger partial charge in [-0.05, 0) is 53.1 Å². The second kappa shape index (κ2) is 12.3. The second-order valence-electron chi connectivity index (χ2n) is 8.85. The number of halogens is 3. The van der Waals surface area contributed by atoms with Gasteiger partial charge in [0.1, 0.15) is 5.41 Å². The third-order valence-electron chi connectivity index (χ3n) is 6.52. The van der Waals surface area contributed by atoms with E-state index in [1.807, 2.05) is 38.1 Å². The van der Waals surface area contributed by atoms with Gasteiger partial charge in [0.15, 0.2) is 0 Å². The summed E-state index contributed by atoms with van der Waals surface area (Å²) in [6.45, 7) is 7.87. The fourth-order valence-electron chi connectivity index (χ4n) is 4.55. The van der Waals surface area contributed by atoms with Gasteiger partial charge in [0, 0.05) is 32.7 Å². The summed E-state index contributed by atoms with van der Waals surface area (Å²) in [5.74, 6) is 0. The van der Waals surface area contributed by atoms with Crippen molar-refractivity contribution in [2.45, 2.75) is 38.3 Å². The Morgan fingerprint density at radius 2 is 0.972 bits per heavy atom. The first-order valence-corrected chi connectivity index (χ1v) is 11.5. The third-order valence-corrected chi connectivity index (χ3v) is 6.52. The van der Waals surface area contributed by atoms with Crippen molar-refractivity contribution in [1.29, 1.82) is 0 Å². The summed E-state index contributed by atoms with van der Waals surface area (Å²) in [4.78, 5) is 0. The van der Waals surface area contributed by atoms with E-state index in [4.69, 9.17) is 0 Å². The molecule has 4 rings (SSSR count). The summed E-state index contributed by atoms with van der Waals surface area (Å²) in [5, 5.41) is 0. The van der Waals surface area contributed by atoms with Gasteiger partial charge in [-0.1, -0.05) is 85.3 Å². The molecule has 4 aromatic carbocycles. The Kier molecular flexibility index (Phi) is 10.2. The molecule has 0 spiro atoms. The van der Waals surface area contributed by atoms with E-state index in [0.717, 1.165) is 23.1 Å². The van der Waals surface area contributed by atoms with Gasteiger partial charge < -0.3 is 7.43 Å². The number of aryl methyl sites for hydroxylation is 2. The minimum absolute atomic E-state index is 0. The van der Waals surface area contributed by atoms with E-state index < -0.39 is 11.6 Å². The van der Waals surface area contributed by atoms with E-state index in [1.54, 1.807) is 60.7 Å². The van der Waals surface area contributed by atoms with Crippen LogP contribution in [-0.2, 0) is 51.0 Å². The topological polar surface area (TPSA) is 0 Å². The van der Waals surface area contributed by atoms with Crippen molar-refractivity contribution in [3.05, 3.63) is 156 Å². The van der Waals surface area contributed by atoms with Gasteiger partial charge in [0.05, 0.1) is 0 Å². The fourth-order valence-corrected chi connectivity index (χ4v) is 4.55. The van der Waals surface area contributed by atoms with Crippen molar-refractivity contribution in [3.63, 3.8) is 0 Å². The maximum absolute atomic E-state index is 15.2. The Hall–Kier alpha value is -2.36. The average Bonchev–Trinajstić information content (AvgIpc) is 2.83. The van der Waals surface area contributed by atoms with Crippen LogP contribution in [0.4, 0.5) is 13.2 Å². The first kappa shape index (κ1) is 29.9.